The van der Waals surface area contributed by atoms with Crippen LogP contribution in [0.1, 0.15) is 57.4 Å². The smallest absolute Gasteiger partial charge is 0.335 e. The maximum absolute atomic E-state index is 11.4. The largest absolute Gasteiger partial charge is 0.478 e. The highest BCUT2D eigenvalue weighted by atomic mass is 16.4. The fraction of sp³-hybridized carbons (Fsp3) is 0.240. The Hall–Kier alpha value is -2.95. The predicted octanol–water partition coefficient (Wildman–Crippen LogP) is 4.62. The fourth-order valence-corrected chi connectivity index (χ4v) is 2.43. The molecule has 0 aromatic heterocycles. The molecule has 0 bridgehead atoms. The summed E-state index contributed by atoms with van der Waals surface area (Å²) in [5, 5.41) is 22.0. The van der Waals surface area contributed by atoms with Crippen LogP contribution in [-0.2, 0) is 6.42 Å². The quantitative estimate of drug-likeness (QED) is 0.489. The molecule has 0 heterocycles. The minimum Gasteiger partial charge on any atom is -0.478 e. The van der Waals surface area contributed by atoms with E-state index in [0.29, 0.717) is 0 Å². The lowest BCUT2D eigenvalue weighted by molar-refractivity contribution is 0.0697. The molecule has 0 radical (unpaired) electrons. The molecule has 0 aliphatic carbocycles. The van der Waals surface area contributed by atoms with Gasteiger partial charge in [-0.25, -0.2) is 4.79 Å². The molecule has 3 rings (SSSR count). The number of aliphatic hydroxyl groups is 1. The van der Waals surface area contributed by atoms with Crippen molar-refractivity contribution < 1.29 is 32.8 Å². The third-order valence-corrected chi connectivity index (χ3v) is 3.83. The summed E-state index contributed by atoms with van der Waals surface area (Å²) < 4.78 is 107. The summed E-state index contributed by atoms with van der Waals surface area (Å²) in [6.07, 6.45) is -4.58. The number of benzene rings is 3. The van der Waals surface area contributed by atoms with Gasteiger partial charge in [0.15, 0.2) is 0 Å². The Balaban J connectivity index is 1.98. The van der Waals surface area contributed by atoms with Gasteiger partial charge < -0.3 is 15.5 Å². The molecule has 3 aromatic rings. The molecule has 4 heteroatoms. The average Bonchev–Trinajstić information content (AvgIpc) is 2.89. The maximum atomic E-state index is 11.4. The predicted molar refractivity (Wildman–Crippen MR) is 116 cm³/mol. The lowest BCUT2D eigenvalue weighted by Gasteiger charge is -2.13. The Labute approximate surface area is 190 Å². The normalized spacial score (nSPS) is 20.4. The third-order valence-electron chi connectivity index (χ3n) is 3.83. The molecule has 0 saturated heterocycles. The lowest BCUT2D eigenvalue weighted by atomic mass is 9.99. The van der Waals surface area contributed by atoms with Gasteiger partial charge in [0, 0.05) is 12.0 Å². The van der Waals surface area contributed by atoms with E-state index in [9.17, 15) is 15.0 Å². The Kier molecular flexibility index (Phi) is 3.35. The molecule has 150 valence electrons. The van der Waals surface area contributed by atoms with Crippen molar-refractivity contribution in [1.29, 1.82) is 0 Å². The van der Waals surface area contributed by atoms with Gasteiger partial charge >= 0.3 is 5.97 Å². The van der Waals surface area contributed by atoms with Crippen molar-refractivity contribution in [3.05, 3.63) is 94.9 Å². The molecule has 0 saturated carbocycles. The van der Waals surface area contributed by atoms with Crippen LogP contribution in [0.3, 0.4) is 0 Å². The zero-order chi connectivity index (χ0) is 32.1. The number of hydrogen-bond donors (Lipinski definition) is 3. The number of carboxylic acid groups (broad SMARTS) is 1. The van der Waals surface area contributed by atoms with Gasteiger partial charge in [-0.3, -0.25) is 0 Å². The van der Waals surface area contributed by atoms with E-state index in [1.165, 1.54) is 31.2 Å². The van der Waals surface area contributed by atoms with Crippen LogP contribution in [0.2, 0.25) is 0 Å². The molecule has 0 fully saturated rings. The molecule has 29 heavy (non-hydrogen) atoms. The van der Waals surface area contributed by atoms with E-state index < -0.39 is 91.8 Å². The maximum Gasteiger partial charge on any atom is 0.335 e. The Morgan fingerprint density at radius 2 is 2.03 bits per heavy atom. The van der Waals surface area contributed by atoms with E-state index in [2.05, 4.69) is 0 Å². The molecule has 3 N–H and O–H groups in total. The highest BCUT2D eigenvalue weighted by molar-refractivity contribution is 5.89. The Bertz CT molecular complexity index is 1550. The van der Waals surface area contributed by atoms with Gasteiger partial charge in [0.05, 0.1) is 24.0 Å². The summed E-state index contributed by atoms with van der Waals surface area (Å²) in [7, 11) is 0. The summed E-state index contributed by atoms with van der Waals surface area (Å²) in [5.74, 6) is -1.26. The van der Waals surface area contributed by atoms with Crippen molar-refractivity contribution in [2.45, 2.75) is 25.8 Å². The molecular formula is C25H27NO3. The van der Waals surface area contributed by atoms with E-state index in [1.54, 1.807) is 0 Å². The highest BCUT2D eigenvalue weighted by Crippen LogP contribution is 2.22. The fourth-order valence-electron chi connectivity index (χ4n) is 2.43. The topological polar surface area (TPSA) is 69.6 Å². The van der Waals surface area contributed by atoms with E-state index in [0.717, 1.165) is 0 Å². The van der Waals surface area contributed by atoms with Crippen LogP contribution in [0, 0.1) is 6.92 Å². The average molecular weight is 403 g/mol. The first-order valence-electron chi connectivity index (χ1n) is 15.2. The van der Waals surface area contributed by atoms with Crippen LogP contribution in [0.25, 0.3) is 11.1 Å². The van der Waals surface area contributed by atoms with Crippen molar-refractivity contribution in [2.75, 3.05) is 13.0 Å². The van der Waals surface area contributed by atoms with Gasteiger partial charge in [-0.2, -0.15) is 0 Å². The van der Waals surface area contributed by atoms with Gasteiger partial charge in [-0.1, -0.05) is 66.0 Å². The van der Waals surface area contributed by atoms with Crippen molar-refractivity contribution in [3.8, 4) is 11.1 Å². The second-order valence-electron chi connectivity index (χ2n) is 6.01. The van der Waals surface area contributed by atoms with Crippen molar-refractivity contribution in [2.24, 2.45) is 0 Å². The van der Waals surface area contributed by atoms with Gasteiger partial charge in [-0.15, -0.1) is 0 Å². The molecule has 0 amide bonds. The summed E-state index contributed by atoms with van der Waals surface area (Å²) in [6.45, 7) is -4.89. The third kappa shape index (κ3) is 6.01. The number of aromatic carboxylic acids is 1. The Morgan fingerprint density at radius 1 is 1.21 bits per heavy atom. The molecule has 1 atom stereocenters. The standard InChI is InChI=1S/C25H27NO3/c1-18-6-2-11-22(14-18)24(27)17-26-13-5-8-19-7-3-9-20(15-19)21-10-4-12-23(16-21)25(28)29/h2-4,6-7,9-12,14-16,24,26-27H,5,8,13,17H2,1H3,(H,28,29)/t24-/m0/s1/i2D,3D,6D,7D,9D,11D,13D2,14D,15D,17D2,24D. The summed E-state index contributed by atoms with van der Waals surface area (Å²) in [5.41, 5.74) is -1.47. The van der Waals surface area contributed by atoms with E-state index >= 15 is 0 Å². The molecular weight excluding hydrogens is 362 g/mol. The SMILES string of the molecule is [2H]c1c([2H])c(CCC([2H])([2H])NC([2H])([2H])[C@]([2H])(O)c2c([2H])c([2H])c([2H])c(C)c2[2H])c([2H])c(-c2cccc(C(=O)O)c2)c1[2H]. The van der Waals surface area contributed by atoms with Gasteiger partial charge in [0.25, 0.3) is 0 Å². The number of nitrogens with one attached hydrogen (secondary N) is 1. The summed E-state index contributed by atoms with van der Waals surface area (Å²) in [4.78, 5) is 11.4. The molecule has 0 aliphatic heterocycles. The second kappa shape index (κ2) is 10.0. The first-order valence-corrected chi connectivity index (χ1v) is 8.68. The van der Waals surface area contributed by atoms with Crippen LogP contribution in [0.15, 0.2) is 72.6 Å². The first kappa shape index (κ1) is 9.70. The number of carboxylic acids is 1. The highest BCUT2D eigenvalue weighted by Gasteiger charge is 2.07. The van der Waals surface area contributed by atoms with E-state index in [-0.39, 0.29) is 27.8 Å². The number of hydrogen-bond acceptors (Lipinski definition) is 3. The summed E-state index contributed by atoms with van der Waals surface area (Å²) >= 11 is 0. The van der Waals surface area contributed by atoms with Crippen molar-refractivity contribution >= 4 is 5.97 Å². The van der Waals surface area contributed by atoms with Gasteiger partial charge in [0.2, 0.25) is 0 Å². The number of carbonyl (C=O) groups is 1. The van der Waals surface area contributed by atoms with Gasteiger partial charge in [0.1, 0.15) is 0 Å². The Morgan fingerprint density at radius 3 is 2.86 bits per heavy atom. The molecule has 0 aliphatic rings. The molecule has 4 nitrogen and oxygen atoms in total. The minimum absolute atomic E-state index is 0.122. The minimum atomic E-state index is -3.46. The van der Waals surface area contributed by atoms with E-state index in [1.807, 2.05) is 5.32 Å². The van der Waals surface area contributed by atoms with Crippen LogP contribution in [-0.4, -0.2) is 29.2 Å². The molecule has 0 spiro atoms. The lowest BCUT2D eigenvalue weighted by Crippen LogP contribution is -2.22. The van der Waals surface area contributed by atoms with Crippen LogP contribution in [0.4, 0.5) is 0 Å². The monoisotopic (exact) mass is 402 g/mol. The van der Waals surface area contributed by atoms with E-state index in [4.69, 9.17) is 17.8 Å². The molecule has 3 aromatic carbocycles. The first-order chi connectivity index (χ1) is 19.2. The van der Waals surface area contributed by atoms with Crippen molar-refractivity contribution in [1.82, 2.24) is 5.32 Å². The van der Waals surface area contributed by atoms with Gasteiger partial charge in [-0.05, 0) is 60.6 Å². The number of rotatable bonds is 9. The van der Waals surface area contributed by atoms with Crippen LogP contribution >= 0.6 is 0 Å². The zero-order valence-electron chi connectivity index (χ0n) is 28.5. The van der Waals surface area contributed by atoms with Crippen LogP contribution < -0.4 is 5.32 Å². The molecule has 0 unspecified atom stereocenters. The summed E-state index contributed by atoms with van der Waals surface area (Å²) in [6, 6.07) is 0.316. The second-order valence-corrected chi connectivity index (χ2v) is 6.01. The zero-order valence-corrected chi connectivity index (χ0v) is 15.5. The van der Waals surface area contributed by atoms with Crippen molar-refractivity contribution in [3.63, 3.8) is 0 Å². The van der Waals surface area contributed by atoms with Crippen LogP contribution in [0.5, 0.6) is 0 Å².